The average molecular weight is 632 g/mol. The van der Waals surface area contributed by atoms with E-state index in [2.05, 4.69) is 0 Å². The Hall–Kier alpha value is -2.50. The van der Waals surface area contributed by atoms with Gasteiger partial charge in [-0.1, -0.05) is 31.0 Å². The second kappa shape index (κ2) is 16.5. The summed E-state index contributed by atoms with van der Waals surface area (Å²) >= 11 is 0. The molecule has 0 bridgehead atoms. The van der Waals surface area contributed by atoms with Crippen LogP contribution in [0.2, 0.25) is 0 Å². The molecule has 240 valence electrons. The molecule has 0 saturated carbocycles. The molecule has 2 aromatic carbocycles. The van der Waals surface area contributed by atoms with Crippen LogP contribution in [0.25, 0.3) is 11.1 Å². The van der Waals surface area contributed by atoms with E-state index in [0.717, 1.165) is 68.1 Å². The minimum absolute atomic E-state index is 0.0335. The standard InChI is InChI=1S/C32H42F5NO4S/c33-31(34,32(35,36)37)15-21-43(42)20-7-17-38(18-19-39)16-4-2-1-3-11-30-28(24-8-5-10-26(40)22-24)12-6-9-25-23-27(41)13-14-29(25)30/h5,8,10,13-14,22-23,39-41H,1-4,6-7,9,11-12,15-21H2. The highest BCUT2D eigenvalue weighted by atomic mass is 32.2. The third-order valence-electron chi connectivity index (χ3n) is 7.82. The van der Waals surface area contributed by atoms with Crippen molar-refractivity contribution in [2.24, 2.45) is 0 Å². The molecule has 11 heteroatoms. The fourth-order valence-corrected chi connectivity index (χ4v) is 6.69. The van der Waals surface area contributed by atoms with Crippen molar-refractivity contribution in [2.45, 2.75) is 76.3 Å². The van der Waals surface area contributed by atoms with Gasteiger partial charge in [-0.25, -0.2) is 0 Å². The zero-order valence-electron chi connectivity index (χ0n) is 24.4. The number of phenolic OH excluding ortho intramolecular Hbond substituents is 2. The van der Waals surface area contributed by atoms with Crippen molar-refractivity contribution in [3.8, 4) is 11.5 Å². The van der Waals surface area contributed by atoms with E-state index in [1.807, 2.05) is 29.2 Å². The van der Waals surface area contributed by atoms with Gasteiger partial charge in [0.25, 0.3) is 0 Å². The van der Waals surface area contributed by atoms with E-state index in [4.69, 9.17) is 0 Å². The van der Waals surface area contributed by atoms with Gasteiger partial charge in [0.1, 0.15) is 11.5 Å². The highest BCUT2D eigenvalue weighted by Crippen LogP contribution is 2.40. The SMILES string of the molecule is O=S(CCCN(CCO)CCCCCCC1=C(c2cccc(O)c2)CCCc2cc(O)ccc21)CCC(F)(F)C(F)(F)F. The zero-order chi connectivity index (χ0) is 31.5. The lowest BCUT2D eigenvalue weighted by Crippen LogP contribution is -2.37. The van der Waals surface area contributed by atoms with Crippen LogP contribution in [0, 0.1) is 0 Å². The van der Waals surface area contributed by atoms with E-state index in [0.29, 0.717) is 26.1 Å². The van der Waals surface area contributed by atoms with Gasteiger partial charge in [-0.2, -0.15) is 22.0 Å². The van der Waals surface area contributed by atoms with Crippen LogP contribution >= 0.6 is 0 Å². The first-order valence-corrected chi connectivity index (χ1v) is 16.4. The van der Waals surface area contributed by atoms with Crippen LogP contribution in [0.5, 0.6) is 11.5 Å². The molecule has 3 rings (SSSR count). The number of aliphatic hydroxyl groups excluding tert-OH is 1. The largest absolute Gasteiger partial charge is 0.508 e. The van der Waals surface area contributed by atoms with E-state index < -0.39 is 35.1 Å². The molecular weight excluding hydrogens is 589 g/mol. The molecule has 1 atom stereocenters. The summed E-state index contributed by atoms with van der Waals surface area (Å²) in [7, 11) is -1.77. The number of unbranched alkanes of at least 4 members (excludes halogenated alkanes) is 3. The Bertz CT molecular complexity index is 1230. The Labute approximate surface area is 252 Å². The van der Waals surface area contributed by atoms with Gasteiger partial charge in [0.05, 0.1) is 6.61 Å². The molecule has 43 heavy (non-hydrogen) atoms. The molecule has 0 amide bonds. The topological polar surface area (TPSA) is 81.0 Å². The van der Waals surface area contributed by atoms with Gasteiger partial charge in [-0.05, 0) is 110 Å². The summed E-state index contributed by atoms with van der Waals surface area (Å²) in [5, 5.41) is 29.6. The number of aryl methyl sites for hydroxylation is 1. The first-order chi connectivity index (χ1) is 20.4. The molecule has 1 unspecified atom stereocenters. The predicted molar refractivity (Wildman–Crippen MR) is 161 cm³/mol. The summed E-state index contributed by atoms with van der Waals surface area (Å²) < 4.78 is 75.0. The Kier molecular flexibility index (Phi) is 13.5. The van der Waals surface area contributed by atoms with Crippen LogP contribution in [0.1, 0.15) is 74.5 Å². The number of hydrogen-bond donors (Lipinski definition) is 3. The maximum atomic E-state index is 13.1. The van der Waals surface area contributed by atoms with Crippen molar-refractivity contribution in [2.75, 3.05) is 37.7 Å². The number of allylic oxidation sites excluding steroid dienone is 2. The third-order valence-corrected chi connectivity index (χ3v) is 9.22. The van der Waals surface area contributed by atoms with Crippen molar-refractivity contribution in [3.05, 3.63) is 59.2 Å². The summed E-state index contributed by atoms with van der Waals surface area (Å²) in [5.41, 5.74) is 5.72. The van der Waals surface area contributed by atoms with Crippen LogP contribution < -0.4 is 0 Å². The van der Waals surface area contributed by atoms with Gasteiger partial charge in [-0.3, -0.25) is 4.21 Å². The Morgan fingerprint density at radius 2 is 1.53 bits per heavy atom. The van der Waals surface area contributed by atoms with Crippen LogP contribution in [0.15, 0.2) is 42.5 Å². The lowest BCUT2D eigenvalue weighted by molar-refractivity contribution is -0.282. The molecule has 2 aromatic rings. The maximum absolute atomic E-state index is 13.1. The van der Waals surface area contributed by atoms with Crippen molar-refractivity contribution in [1.29, 1.82) is 0 Å². The second-order valence-electron chi connectivity index (χ2n) is 11.1. The zero-order valence-corrected chi connectivity index (χ0v) is 25.2. The van der Waals surface area contributed by atoms with Gasteiger partial charge < -0.3 is 20.2 Å². The quantitative estimate of drug-likeness (QED) is 0.126. The minimum atomic E-state index is -5.63. The normalized spacial score (nSPS) is 15.0. The lowest BCUT2D eigenvalue weighted by Gasteiger charge is -2.21. The molecule has 0 spiro atoms. The Balaban J connectivity index is 1.49. The fourth-order valence-electron chi connectivity index (χ4n) is 5.55. The average Bonchev–Trinajstić information content (AvgIpc) is 3.12. The molecule has 0 radical (unpaired) electrons. The molecule has 0 heterocycles. The summed E-state index contributed by atoms with van der Waals surface area (Å²) in [6.45, 7) is 1.51. The number of fused-ring (bicyclic) bond motifs is 1. The summed E-state index contributed by atoms with van der Waals surface area (Å²) in [6, 6.07) is 12.9. The minimum Gasteiger partial charge on any atom is -0.508 e. The van der Waals surface area contributed by atoms with Crippen LogP contribution in [0.4, 0.5) is 22.0 Å². The van der Waals surface area contributed by atoms with Gasteiger partial charge in [-0.15, -0.1) is 0 Å². The number of rotatable bonds is 17. The first kappa shape index (κ1) is 35.0. The number of hydrogen-bond acceptors (Lipinski definition) is 5. The molecule has 1 aliphatic rings. The summed E-state index contributed by atoms with van der Waals surface area (Å²) in [6.07, 6.45) is 0.514. The van der Waals surface area contributed by atoms with E-state index in [1.165, 1.54) is 11.1 Å². The first-order valence-electron chi connectivity index (χ1n) is 14.9. The van der Waals surface area contributed by atoms with Crippen LogP contribution in [-0.2, 0) is 17.2 Å². The lowest BCUT2D eigenvalue weighted by atomic mass is 9.89. The highest BCUT2D eigenvalue weighted by molar-refractivity contribution is 7.84. The van der Waals surface area contributed by atoms with Gasteiger partial charge in [0.2, 0.25) is 0 Å². The number of aliphatic hydroxyl groups is 1. The summed E-state index contributed by atoms with van der Waals surface area (Å²) in [5.74, 6) is -5.04. The van der Waals surface area contributed by atoms with Crippen LogP contribution in [-0.4, -0.2) is 74.3 Å². The second-order valence-corrected chi connectivity index (χ2v) is 12.8. The highest BCUT2D eigenvalue weighted by Gasteiger charge is 2.56. The van der Waals surface area contributed by atoms with Crippen molar-refractivity contribution >= 4 is 21.9 Å². The molecule has 5 nitrogen and oxygen atoms in total. The molecule has 0 aromatic heterocycles. The van der Waals surface area contributed by atoms with Crippen molar-refractivity contribution in [3.63, 3.8) is 0 Å². The smallest absolute Gasteiger partial charge is 0.453 e. The predicted octanol–water partition coefficient (Wildman–Crippen LogP) is 7.32. The number of phenols is 2. The fraction of sp³-hybridized carbons (Fsp3) is 0.562. The van der Waals surface area contributed by atoms with E-state index in [1.54, 1.807) is 18.2 Å². The molecule has 1 aliphatic carbocycles. The van der Waals surface area contributed by atoms with Gasteiger partial charge in [0, 0.05) is 35.3 Å². The molecule has 0 fully saturated rings. The monoisotopic (exact) mass is 631 g/mol. The number of benzene rings is 2. The van der Waals surface area contributed by atoms with E-state index in [-0.39, 0.29) is 23.9 Å². The molecule has 0 saturated heterocycles. The number of aromatic hydroxyl groups is 2. The molecule has 0 aliphatic heterocycles. The number of alkyl halides is 5. The van der Waals surface area contributed by atoms with Gasteiger partial charge >= 0.3 is 12.1 Å². The van der Waals surface area contributed by atoms with Crippen molar-refractivity contribution < 1.29 is 41.5 Å². The van der Waals surface area contributed by atoms with E-state index >= 15 is 0 Å². The van der Waals surface area contributed by atoms with E-state index in [9.17, 15) is 41.5 Å². The van der Waals surface area contributed by atoms with Gasteiger partial charge in [0.15, 0.2) is 0 Å². The van der Waals surface area contributed by atoms with Crippen molar-refractivity contribution in [1.82, 2.24) is 4.90 Å². The number of nitrogens with zero attached hydrogens (tertiary/aromatic N) is 1. The Morgan fingerprint density at radius 1 is 0.814 bits per heavy atom. The van der Waals surface area contributed by atoms with Crippen LogP contribution in [0.3, 0.4) is 0 Å². The number of halogens is 5. The Morgan fingerprint density at radius 3 is 2.26 bits per heavy atom. The summed E-state index contributed by atoms with van der Waals surface area (Å²) in [4.78, 5) is 2.00. The third kappa shape index (κ3) is 10.9. The molecular formula is C32H42F5NO4S. The maximum Gasteiger partial charge on any atom is 0.453 e. The molecule has 3 N–H and O–H groups in total.